The van der Waals surface area contributed by atoms with Crippen LogP contribution in [0.25, 0.3) is 0 Å². The van der Waals surface area contributed by atoms with Crippen LogP contribution in [0.4, 0.5) is 0 Å². The summed E-state index contributed by atoms with van der Waals surface area (Å²) in [6.45, 7) is 1.84. The van der Waals surface area contributed by atoms with E-state index in [0.29, 0.717) is 5.75 Å². The van der Waals surface area contributed by atoms with E-state index in [9.17, 15) is 22.8 Å². The van der Waals surface area contributed by atoms with Gasteiger partial charge in [0.25, 0.3) is 21.8 Å². The van der Waals surface area contributed by atoms with E-state index in [1.165, 1.54) is 18.2 Å². The SMILES string of the molecule is CCN1C(=O)c2ccc(C(=O)NCCSCC(=O)O)cc2S1(=O)=O. The van der Waals surface area contributed by atoms with Crippen LogP contribution in [-0.2, 0) is 14.8 Å². The Morgan fingerprint density at radius 3 is 2.67 bits per heavy atom. The molecule has 1 aliphatic rings. The maximum absolute atomic E-state index is 12.3. The summed E-state index contributed by atoms with van der Waals surface area (Å²) >= 11 is 1.16. The fraction of sp³-hybridized carbons (Fsp3) is 0.357. The Kier molecular flexibility index (Phi) is 5.50. The van der Waals surface area contributed by atoms with Gasteiger partial charge in [0.2, 0.25) is 0 Å². The summed E-state index contributed by atoms with van der Waals surface area (Å²) in [5.41, 5.74) is 0.191. The number of benzene rings is 1. The summed E-state index contributed by atoms with van der Waals surface area (Å²) in [7, 11) is -3.91. The molecule has 0 aliphatic carbocycles. The molecule has 2 N–H and O–H groups in total. The van der Waals surface area contributed by atoms with E-state index in [4.69, 9.17) is 5.11 Å². The molecule has 24 heavy (non-hydrogen) atoms. The van der Waals surface area contributed by atoms with Crippen LogP contribution in [0.15, 0.2) is 23.1 Å². The largest absolute Gasteiger partial charge is 0.481 e. The van der Waals surface area contributed by atoms with E-state index in [1.807, 2.05) is 0 Å². The zero-order valence-corrected chi connectivity index (χ0v) is 14.4. The number of rotatable bonds is 7. The molecule has 2 amide bonds. The van der Waals surface area contributed by atoms with Gasteiger partial charge in [0, 0.05) is 24.4 Å². The molecule has 130 valence electrons. The summed E-state index contributed by atoms with van der Waals surface area (Å²) in [6, 6.07) is 3.92. The van der Waals surface area contributed by atoms with E-state index in [-0.39, 0.29) is 34.9 Å². The summed E-state index contributed by atoms with van der Waals surface area (Å²) in [5.74, 6) is -1.64. The van der Waals surface area contributed by atoms with E-state index < -0.39 is 27.8 Å². The van der Waals surface area contributed by atoms with E-state index in [0.717, 1.165) is 16.1 Å². The molecule has 0 unspecified atom stereocenters. The van der Waals surface area contributed by atoms with Crippen molar-refractivity contribution in [3.8, 4) is 0 Å². The number of aliphatic carboxylic acids is 1. The molecule has 0 saturated carbocycles. The lowest BCUT2D eigenvalue weighted by Gasteiger charge is -2.11. The predicted octanol–water partition coefficient (Wildman–Crippen LogP) is 0.399. The number of amides is 2. The number of carboxylic acids is 1. The lowest BCUT2D eigenvalue weighted by atomic mass is 10.1. The second-order valence-corrected chi connectivity index (χ2v) is 7.82. The fourth-order valence-electron chi connectivity index (χ4n) is 2.23. The van der Waals surface area contributed by atoms with E-state index >= 15 is 0 Å². The minimum atomic E-state index is -3.91. The molecule has 0 saturated heterocycles. The molecule has 8 nitrogen and oxygen atoms in total. The summed E-state index contributed by atoms with van der Waals surface area (Å²) < 4.78 is 25.3. The zero-order chi connectivity index (χ0) is 17.9. The monoisotopic (exact) mass is 372 g/mol. The van der Waals surface area contributed by atoms with Crippen molar-refractivity contribution in [1.29, 1.82) is 0 Å². The van der Waals surface area contributed by atoms with Crippen molar-refractivity contribution in [2.75, 3.05) is 24.6 Å². The first-order valence-electron chi connectivity index (χ1n) is 7.08. The van der Waals surface area contributed by atoms with Gasteiger partial charge >= 0.3 is 5.97 Å². The molecule has 0 aromatic heterocycles. The van der Waals surface area contributed by atoms with Gasteiger partial charge in [0.05, 0.1) is 11.3 Å². The first kappa shape index (κ1) is 18.3. The molecule has 0 fully saturated rings. The van der Waals surface area contributed by atoms with Crippen molar-refractivity contribution < 1.29 is 27.9 Å². The Hall–Kier alpha value is -2.07. The fourth-order valence-corrected chi connectivity index (χ4v) is 4.40. The molecule has 10 heteroatoms. The molecule has 0 atom stereocenters. The highest BCUT2D eigenvalue weighted by molar-refractivity contribution is 7.99. The second kappa shape index (κ2) is 7.22. The van der Waals surface area contributed by atoms with Crippen LogP contribution in [-0.4, -0.2) is 60.2 Å². The number of carbonyl (C=O) groups excluding carboxylic acids is 2. The smallest absolute Gasteiger partial charge is 0.313 e. The van der Waals surface area contributed by atoms with Crippen molar-refractivity contribution in [2.24, 2.45) is 0 Å². The molecule has 0 bridgehead atoms. The first-order valence-corrected chi connectivity index (χ1v) is 9.67. The average molecular weight is 372 g/mol. The summed E-state index contributed by atoms with van der Waals surface area (Å²) in [6.07, 6.45) is 0. The van der Waals surface area contributed by atoms with Crippen molar-refractivity contribution >= 4 is 39.6 Å². The quantitative estimate of drug-likeness (QED) is 0.665. The third-order valence-corrected chi connectivity index (χ3v) is 6.16. The Morgan fingerprint density at radius 1 is 1.33 bits per heavy atom. The van der Waals surface area contributed by atoms with Crippen molar-refractivity contribution in [3.05, 3.63) is 29.3 Å². The van der Waals surface area contributed by atoms with Gasteiger partial charge in [0.15, 0.2) is 0 Å². The van der Waals surface area contributed by atoms with Crippen LogP contribution >= 0.6 is 11.8 Å². The number of carbonyl (C=O) groups is 3. The molecular formula is C14H16N2O6S2. The van der Waals surface area contributed by atoms with Gasteiger partial charge in [-0.2, -0.15) is 0 Å². The minimum absolute atomic E-state index is 0.0260. The lowest BCUT2D eigenvalue weighted by molar-refractivity contribution is -0.133. The Bertz CT molecular complexity index is 790. The van der Waals surface area contributed by atoms with Crippen molar-refractivity contribution in [1.82, 2.24) is 9.62 Å². The summed E-state index contributed by atoms with van der Waals surface area (Å²) in [4.78, 5) is 34.3. The molecule has 0 radical (unpaired) electrons. The maximum atomic E-state index is 12.3. The summed E-state index contributed by atoms with van der Waals surface area (Å²) in [5, 5.41) is 11.1. The number of nitrogens with one attached hydrogen (secondary N) is 1. The molecule has 1 heterocycles. The van der Waals surface area contributed by atoms with Crippen LogP contribution in [0.5, 0.6) is 0 Å². The molecule has 0 spiro atoms. The topological polar surface area (TPSA) is 121 Å². The van der Waals surface area contributed by atoms with Crippen LogP contribution in [0.1, 0.15) is 27.6 Å². The van der Waals surface area contributed by atoms with Gasteiger partial charge in [-0.1, -0.05) is 0 Å². The Balaban J connectivity index is 2.08. The normalized spacial score (nSPS) is 15.2. The van der Waals surface area contributed by atoms with Gasteiger partial charge in [0.1, 0.15) is 4.90 Å². The van der Waals surface area contributed by atoms with Gasteiger partial charge in [-0.15, -0.1) is 11.8 Å². The molecule has 2 rings (SSSR count). The number of carboxylic acid groups (broad SMARTS) is 1. The first-order chi connectivity index (χ1) is 11.3. The minimum Gasteiger partial charge on any atom is -0.481 e. The van der Waals surface area contributed by atoms with Crippen molar-refractivity contribution in [2.45, 2.75) is 11.8 Å². The van der Waals surface area contributed by atoms with Gasteiger partial charge < -0.3 is 10.4 Å². The molecule has 1 aromatic rings. The number of nitrogens with zero attached hydrogens (tertiary/aromatic N) is 1. The second-order valence-electron chi connectivity index (χ2n) is 4.89. The van der Waals surface area contributed by atoms with Gasteiger partial charge in [-0.3, -0.25) is 14.4 Å². The number of sulfonamides is 1. The van der Waals surface area contributed by atoms with Gasteiger partial charge in [-0.05, 0) is 25.1 Å². The highest BCUT2D eigenvalue weighted by Crippen LogP contribution is 2.30. The maximum Gasteiger partial charge on any atom is 0.313 e. The highest BCUT2D eigenvalue weighted by atomic mass is 32.2. The number of thioether (sulfide) groups is 1. The third-order valence-electron chi connectivity index (χ3n) is 3.31. The van der Waals surface area contributed by atoms with Crippen LogP contribution < -0.4 is 5.32 Å². The molecule has 1 aliphatic heterocycles. The predicted molar refractivity (Wildman–Crippen MR) is 87.6 cm³/mol. The average Bonchev–Trinajstić information content (AvgIpc) is 2.72. The zero-order valence-electron chi connectivity index (χ0n) is 12.8. The number of fused-ring (bicyclic) bond motifs is 1. The molecule has 1 aromatic carbocycles. The van der Waals surface area contributed by atoms with Crippen molar-refractivity contribution in [3.63, 3.8) is 0 Å². The van der Waals surface area contributed by atoms with Gasteiger partial charge in [-0.25, -0.2) is 12.7 Å². The van der Waals surface area contributed by atoms with Crippen LogP contribution in [0.2, 0.25) is 0 Å². The van der Waals surface area contributed by atoms with E-state index in [1.54, 1.807) is 6.92 Å². The van der Waals surface area contributed by atoms with E-state index in [2.05, 4.69) is 5.32 Å². The lowest BCUT2D eigenvalue weighted by Crippen LogP contribution is -2.29. The Morgan fingerprint density at radius 2 is 2.04 bits per heavy atom. The molecular weight excluding hydrogens is 356 g/mol. The third kappa shape index (κ3) is 3.54. The standard InChI is InChI=1S/C14H16N2O6S2/c1-2-16-14(20)10-4-3-9(7-11(10)24(16,21)22)13(19)15-5-6-23-8-12(17)18/h3-4,7H,2,5-6,8H2,1H3,(H,15,19)(H,17,18). The Labute approximate surface area is 143 Å². The number of hydrogen-bond donors (Lipinski definition) is 2. The number of hydrogen-bond acceptors (Lipinski definition) is 6. The highest BCUT2D eigenvalue weighted by Gasteiger charge is 2.40. The van der Waals surface area contributed by atoms with Crippen LogP contribution in [0.3, 0.4) is 0 Å². The van der Waals surface area contributed by atoms with Crippen LogP contribution in [0, 0.1) is 0 Å².